The van der Waals surface area contributed by atoms with Crippen LogP contribution < -0.4 is 11.2 Å². The third-order valence-corrected chi connectivity index (χ3v) is 3.28. The smallest absolute Gasteiger partial charge is 0.292 e. The Kier molecular flexibility index (Phi) is 4.00. The van der Waals surface area contributed by atoms with E-state index in [2.05, 4.69) is 4.98 Å². The largest absolute Gasteiger partial charge is 0.431 e. The molecule has 0 saturated carbocycles. The van der Waals surface area contributed by atoms with Crippen LogP contribution in [0, 0.1) is 11.2 Å². The van der Waals surface area contributed by atoms with Gasteiger partial charge in [0.15, 0.2) is 4.98 Å². The van der Waals surface area contributed by atoms with Crippen LogP contribution in [0.4, 0.5) is 23.2 Å². The van der Waals surface area contributed by atoms with Crippen molar-refractivity contribution in [3.8, 4) is 5.69 Å². The van der Waals surface area contributed by atoms with Crippen molar-refractivity contribution in [1.82, 2.24) is 9.13 Å². The van der Waals surface area contributed by atoms with Crippen molar-refractivity contribution >= 4 is 17.3 Å². The number of rotatable bonds is 1. The number of hydrogen-bond acceptors (Lipinski definition) is 3. The summed E-state index contributed by atoms with van der Waals surface area (Å²) in [4.78, 5) is 26.6. The summed E-state index contributed by atoms with van der Waals surface area (Å²) in [5.74, 6) is -1.15. The molecule has 0 aliphatic heterocycles. The first-order valence-corrected chi connectivity index (χ1v) is 6.20. The summed E-state index contributed by atoms with van der Waals surface area (Å²) >= 11 is 5.57. The Morgan fingerprint density at radius 3 is 2.35 bits per heavy atom. The molecule has 0 aliphatic rings. The summed E-state index contributed by atoms with van der Waals surface area (Å²) in [5.41, 5.74) is -5.36. The number of hydrogen-bond donors (Lipinski definition) is 0. The highest BCUT2D eigenvalue weighted by molar-refractivity contribution is 6.33. The van der Waals surface area contributed by atoms with Crippen molar-refractivity contribution in [1.29, 1.82) is 5.39 Å². The quantitative estimate of drug-likeness (QED) is 0.587. The molecule has 6 nitrogen and oxygen atoms in total. The van der Waals surface area contributed by atoms with Gasteiger partial charge in [0, 0.05) is 19.2 Å². The van der Waals surface area contributed by atoms with Crippen molar-refractivity contribution in [2.24, 2.45) is 7.05 Å². The van der Waals surface area contributed by atoms with Crippen LogP contribution >= 0.6 is 11.6 Å². The first-order chi connectivity index (χ1) is 10.6. The number of diazo groups is 1. The fourth-order valence-electron chi connectivity index (χ4n) is 1.89. The molecule has 0 saturated heterocycles. The fraction of sp³-hybridized carbons (Fsp3) is 0.167. The van der Waals surface area contributed by atoms with E-state index in [9.17, 15) is 27.2 Å². The molecule has 0 aliphatic carbocycles. The van der Waals surface area contributed by atoms with Crippen LogP contribution in [0.25, 0.3) is 10.7 Å². The van der Waals surface area contributed by atoms with Crippen LogP contribution in [0.3, 0.4) is 0 Å². The summed E-state index contributed by atoms with van der Waals surface area (Å²) in [6.45, 7) is 0. The van der Waals surface area contributed by atoms with Gasteiger partial charge < -0.3 is 0 Å². The molecule has 1 heterocycles. The number of benzene rings is 1. The Morgan fingerprint density at radius 1 is 1.22 bits per heavy atom. The summed E-state index contributed by atoms with van der Waals surface area (Å²) in [7, 11) is 0.784. The van der Waals surface area contributed by atoms with Crippen LogP contribution in [0.15, 0.2) is 27.8 Å². The van der Waals surface area contributed by atoms with Gasteiger partial charge in [-0.1, -0.05) is 11.6 Å². The van der Waals surface area contributed by atoms with Crippen LogP contribution in [-0.2, 0) is 13.2 Å². The van der Waals surface area contributed by atoms with Gasteiger partial charge >= 0.3 is 17.6 Å². The number of alkyl halides is 3. The second-order valence-electron chi connectivity index (χ2n) is 4.40. The molecule has 1 aromatic carbocycles. The normalized spacial score (nSPS) is 11.3. The van der Waals surface area contributed by atoms with Gasteiger partial charge in [-0.05, 0) is 0 Å². The maximum Gasteiger partial charge on any atom is 0.431 e. The highest BCUT2D eigenvalue weighted by Gasteiger charge is 2.35. The molecule has 0 N–H and O–H groups in total. The van der Waals surface area contributed by atoms with E-state index in [0.29, 0.717) is 6.07 Å². The monoisotopic (exact) mass is 349 g/mol. The van der Waals surface area contributed by atoms with E-state index in [0.717, 1.165) is 13.1 Å². The van der Waals surface area contributed by atoms with E-state index < -0.39 is 34.6 Å². The Morgan fingerprint density at radius 2 is 1.83 bits per heavy atom. The standard InChI is InChI=1S/C12H6ClF4N4O2/c1-20-9(12(15,16)17)4-10(22)21(11(20)23)8-3-7(19-18)5(13)2-6(8)14/h2-4H,1H3/q+1. The number of nitrogens with zero attached hydrogens (tertiary/aromatic N) is 4. The van der Waals surface area contributed by atoms with E-state index in [1.54, 1.807) is 0 Å². The maximum absolute atomic E-state index is 13.9. The molecule has 11 heteroatoms. The van der Waals surface area contributed by atoms with Gasteiger partial charge in [0.1, 0.15) is 16.5 Å². The van der Waals surface area contributed by atoms with Crippen molar-refractivity contribution in [2.45, 2.75) is 6.18 Å². The van der Waals surface area contributed by atoms with Crippen LogP contribution in [0.1, 0.15) is 5.69 Å². The molecule has 23 heavy (non-hydrogen) atoms. The zero-order chi connectivity index (χ0) is 17.5. The maximum atomic E-state index is 13.9. The van der Waals surface area contributed by atoms with Crippen LogP contribution in [0.5, 0.6) is 0 Å². The lowest BCUT2D eigenvalue weighted by molar-refractivity contribution is -0.144. The highest BCUT2D eigenvalue weighted by Crippen LogP contribution is 2.30. The molecular weight excluding hydrogens is 344 g/mol. The van der Waals surface area contributed by atoms with Gasteiger partial charge in [-0.15, -0.1) is 0 Å². The van der Waals surface area contributed by atoms with Crippen LogP contribution in [0.2, 0.25) is 5.02 Å². The SMILES string of the molecule is Cn1c(C(F)(F)F)cc(=O)n(-c2cc([N+]#N)c(Cl)cc2F)c1=O. The van der Waals surface area contributed by atoms with Crippen LogP contribution in [-0.4, -0.2) is 9.13 Å². The molecule has 0 unspecified atom stereocenters. The van der Waals surface area contributed by atoms with E-state index in [1.165, 1.54) is 0 Å². The molecule has 0 radical (unpaired) electrons. The summed E-state index contributed by atoms with van der Waals surface area (Å²) < 4.78 is 52.5. The van der Waals surface area contributed by atoms with Crippen molar-refractivity contribution in [2.75, 3.05) is 0 Å². The molecule has 0 bridgehead atoms. The molecule has 0 amide bonds. The van der Waals surface area contributed by atoms with Gasteiger partial charge in [0.05, 0.1) is 11.8 Å². The molecule has 2 rings (SSSR count). The van der Waals surface area contributed by atoms with Gasteiger partial charge in [0.25, 0.3) is 5.56 Å². The van der Waals surface area contributed by atoms with Gasteiger partial charge in [-0.3, -0.25) is 9.36 Å². The Hall–Kier alpha value is -2.67. The Bertz CT molecular complexity index is 956. The predicted octanol–water partition coefficient (Wildman–Crippen LogP) is 2.83. The van der Waals surface area contributed by atoms with Crippen molar-refractivity contribution in [3.05, 3.63) is 60.5 Å². The zero-order valence-electron chi connectivity index (χ0n) is 11.2. The molecular formula is C12H6ClF4N4O2+. The van der Waals surface area contributed by atoms with Gasteiger partial charge in [-0.25, -0.2) is 13.8 Å². The molecule has 0 atom stereocenters. The molecule has 2 aromatic rings. The third kappa shape index (κ3) is 2.83. The van der Waals surface area contributed by atoms with E-state index in [4.69, 9.17) is 17.0 Å². The Balaban J connectivity index is 2.88. The fourth-order valence-corrected chi connectivity index (χ4v) is 2.08. The minimum atomic E-state index is -4.93. The highest BCUT2D eigenvalue weighted by atomic mass is 35.5. The second kappa shape index (κ2) is 5.51. The van der Waals surface area contributed by atoms with Gasteiger partial charge in [-0.2, -0.15) is 13.2 Å². The first-order valence-electron chi connectivity index (χ1n) is 5.82. The van der Waals surface area contributed by atoms with E-state index in [-0.39, 0.29) is 25.9 Å². The zero-order valence-corrected chi connectivity index (χ0v) is 12.0. The molecule has 1 aromatic heterocycles. The lowest BCUT2D eigenvalue weighted by atomic mass is 10.2. The minimum Gasteiger partial charge on any atom is -0.292 e. The molecule has 120 valence electrons. The molecule has 0 fully saturated rings. The summed E-state index contributed by atoms with van der Waals surface area (Å²) in [6, 6.07) is 1.58. The first kappa shape index (κ1) is 16.7. The number of halogens is 5. The van der Waals surface area contributed by atoms with E-state index >= 15 is 0 Å². The second-order valence-corrected chi connectivity index (χ2v) is 4.80. The minimum absolute atomic E-state index is 0.158. The average Bonchev–Trinajstić information content (AvgIpc) is 2.44. The van der Waals surface area contributed by atoms with E-state index in [1.807, 2.05) is 0 Å². The van der Waals surface area contributed by atoms with Crippen molar-refractivity contribution in [3.63, 3.8) is 0 Å². The van der Waals surface area contributed by atoms with Crippen molar-refractivity contribution < 1.29 is 17.6 Å². The summed E-state index contributed by atoms with van der Waals surface area (Å²) in [6.07, 6.45) is -4.93. The predicted molar refractivity (Wildman–Crippen MR) is 72.0 cm³/mol. The average molecular weight is 350 g/mol. The van der Waals surface area contributed by atoms with Gasteiger partial charge in [0.2, 0.25) is 5.39 Å². The Labute approximate surface area is 129 Å². The number of aromatic nitrogens is 2. The lowest BCUT2D eigenvalue weighted by Crippen LogP contribution is -2.41. The molecule has 0 spiro atoms. The topological polar surface area (TPSA) is 72.2 Å². The lowest BCUT2D eigenvalue weighted by Gasteiger charge is -2.13. The third-order valence-electron chi connectivity index (χ3n) is 2.98. The summed E-state index contributed by atoms with van der Waals surface area (Å²) in [5, 5.41) is 8.41.